The lowest BCUT2D eigenvalue weighted by molar-refractivity contribution is 0.112. The van der Waals surface area contributed by atoms with Gasteiger partial charge in [-0.25, -0.2) is 9.78 Å². The van der Waals surface area contributed by atoms with Crippen LogP contribution in [0, 0.1) is 5.92 Å². The number of hydrogen-bond acceptors (Lipinski definition) is 5. The molecule has 0 bridgehead atoms. The first-order valence-corrected chi connectivity index (χ1v) is 9.75. The Kier molecular flexibility index (Phi) is 6.60. The predicted octanol–water partition coefficient (Wildman–Crippen LogP) is 2.53. The molecule has 3 rings (SSSR count). The number of nitrogens with one attached hydrogen (secondary N) is 1. The summed E-state index contributed by atoms with van der Waals surface area (Å²) in [5.41, 5.74) is 2.05. The molecule has 6 nitrogen and oxygen atoms in total. The quantitative estimate of drug-likeness (QED) is 0.874. The Labute approximate surface area is 158 Å². The minimum atomic E-state index is -0.0456. The number of benzene rings is 1. The summed E-state index contributed by atoms with van der Waals surface area (Å²) in [6, 6.07) is 10.0. The lowest BCUT2D eigenvalue weighted by atomic mass is 10.1. The predicted molar refractivity (Wildman–Crippen MR) is 104 cm³/mol. The smallest absolute Gasteiger partial charge is 0.317 e. The Morgan fingerprint density at radius 1 is 1.38 bits per heavy atom. The van der Waals surface area contributed by atoms with E-state index in [0.717, 1.165) is 29.4 Å². The first-order chi connectivity index (χ1) is 12.6. The van der Waals surface area contributed by atoms with Crippen LogP contribution in [0.4, 0.5) is 4.79 Å². The van der Waals surface area contributed by atoms with E-state index in [2.05, 4.69) is 15.2 Å². The number of ether oxygens (including phenoxy) is 1. The van der Waals surface area contributed by atoms with Gasteiger partial charge < -0.3 is 19.9 Å². The molecule has 1 aromatic heterocycles. The lowest BCUT2D eigenvalue weighted by Crippen LogP contribution is -2.44. The van der Waals surface area contributed by atoms with E-state index in [4.69, 9.17) is 4.74 Å². The van der Waals surface area contributed by atoms with Gasteiger partial charge in [-0.2, -0.15) is 0 Å². The molecule has 140 valence electrons. The van der Waals surface area contributed by atoms with Crippen molar-refractivity contribution in [2.75, 3.05) is 46.9 Å². The number of thiazole rings is 1. The van der Waals surface area contributed by atoms with Crippen molar-refractivity contribution in [1.82, 2.24) is 20.1 Å². The van der Waals surface area contributed by atoms with Crippen LogP contribution in [0.15, 0.2) is 35.7 Å². The summed E-state index contributed by atoms with van der Waals surface area (Å²) in [5, 5.41) is 5.94. The van der Waals surface area contributed by atoms with Crippen LogP contribution in [0.5, 0.6) is 0 Å². The van der Waals surface area contributed by atoms with Gasteiger partial charge in [0.15, 0.2) is 0 Å². The van der Waals surface area contributed by atoms with Crippen molar-refractivity contribution in [2.45, 2.75) is 6.54 Å². The highest BCUT2D eigenvalue weighted by Crippen LogP contribution is 2.21. The van der Waals surface area contributed by atoms with Gasteiger partial charge >= 0.3 is 6.03 Å². The normalized spacial score (nSPS) is 18.0. The average Bonchev–Trinajstić information content (AvgIpc) is 2.99. The van der Waals surface area contributed by atoms with Gasteiger partial charge in [0, 0.05) is 36.5 Å². The zero-order valence-corrected chi connectivity index (χ0v) is 16.2. The maximum absolute atomic E-state index is 12.6. The molecule has 1 N–H and O–H groups in total. The van der Waals surface area contributed by atoms with Crippen LogP contribution in [-0.4, -0.2) is 67.8 Å². The molecule has 2 aromatic rings. The van der Waals surface area contributed by atoms with E-state index < -0.39 is 0 Å². The summed E-state index contributed by atoms with van der Waals surface area (Å²) in [6.45, 7) is 4.00. The summed E-state index contributed by atoms with van der Waals surface area (Å²) in [5.74, 6) is 0.336. The fraction of sp³-hybridized carbons (Fsp3) is 0.474. The summed E-state index contributed by atoms with van der Waals surface area (Å²) in [6.07, 6.45) is 0. The number of hydrogen-bond donors (Lipinski definition) is 1. The summed E-state index contributed by atoms with van der Waals surface area (Å²) in [7, 11) is 4.09. The molecule has 1 fully saturated rings. The molecule has 1 atom stereocenters. The van der Waals surface area contributed by atoms with Crippen molar-refractivity contribution in [3.05, 3.63) is 40.7 Å². The van der Waals surface area contributed by atoms with Crippen LogP contribution in [-0.2, 0) is 11.3 Å². The van der Waals surface area contributed by atoms with Gasteiger partial charge in [0.25, 0.3) is 0 Å². The SMILES string of the molecule is CN(C)C[C@H]1COCCN(C(=O)NCc2nc(-c3ccccc3)cs2)C1. The number of nitrogens with zero attached hydrogens (tertiary/aromatic N) is 3. The third-order valence-corrected chi connectivity index (χ3v) is 5.11. The minimum Gasteiger partial charge on any atom is -0.379 e. The summed E-state index contributed by atoms with van der Waals surface area (Å²) < 4.78 is 5.64. The van der Waals surface area contributed by atoms with E-state index in [-0.39, 0.29) is 6.03 Å². The van der Waals surface area contributed by atoms with Gasteiger partial charge in [0.05, 0.1) is 25.5 Å². The molecule has 26 heavy (non-hydrogen) atoms. The van der Waals surface area contributed by atoms with Gasteiger partial charge in [-0.05, 0) is 14.1 Å². The average molecular weight is 375 g/mol. The third-order valence-electron chi connectivity index (χ3n) is 4.26. The van der Waals surface area contributed by atoms with Crippen LogP contribution >= 0.6 is 11.3 Å². The molecule has 0 saturated carbocycles. The molecule has 2 heterocycles. The monoisotopic (exact) mass is 374 g/mol. The van der Waals surface area contributed by atoms with Crippen molar-refractivity contribution in [1.29, 1.82) is 0 Å². The highest BCUT2D eigenvalue weighted by molar-refractivity contribution is 7.09. The van der Waals surface area contributed by atoms with Crippen LogP contribution in [0.3, 0.4) is 0 Å². The van der Waals surface area contributed by atoms with E-state index in [1.807, 2.05) is 54.7 Å². The Morgan fingerprint density at radius 2 is 2.19 bits per heavy atom. The molecule has 1 saturated heterocycles. The molecule has 1 aliphatic rings. The second kappa shape index (κ2) is 9.12. The molecule has 0 spiro atoms. The highest BCUT2D eigenvalue weighted by atomic mass is 32.1. The van der Waals surface area contributed by atoms with Crippen LogP contribution in [0.1, 0.15) is 5.01 Å². The van der Waals surface area contributed by atoms with E-state index in [1.54, 1.807) is 11.3 Å². The molecule has 0 unspecified atom stereocenters. The minimum absolute atomic E-state index is 0.0456. The molecule has 7 heteroatoms. The van der Waals surface area contributed by atoms with E-state index in [0.29, 0.717) is 32.2 Å². The van der Waals surface area contributed by atoms with Crippen LogP contribution in [0.25, 0.3) is 11.3 Å². The first kappa shape index (κ1) is 18.8. The molecular formula is C19H26N4O2S. The Morgan fingerprint density at radius 3 is 2.96 bits per heavy atom. The van der Waals surface area contributed by atoms with Crippen molar-refractivity contribution in [2.24, 2.45) is 5.92 Å². The third kappa shape index (κ3) is 5.27. The molecule has 0 aliphatic carbocycles. The Balaban J connectivity index is 1.54. The van der Waals surface area contributed by atoms with E-state index in [9.17, 15) is 4.79 Å². The van der Waals surface area contributed by atoms with Gasteiger partial charge in [-0.1, -0.05) is 30.3 Å². The maximum Gasteiger partial charge on any atom is 0.317 e. The second-order valence-electron chi connectivity index (χ2n) is 6.80. The van der Waals surface area contributed by atoms with Gasteiger partial charge in [0.2, 0.25) is 0 Å². The number of rotatable bonds is 5. The fourth-order valence-corrected chi connectivity index (χ4v) is 3.83. The molecular weight excluding hydrogens is 348 g/mol. The summed E-state index contributed by atoms with van der Waals surface area (Å²) >= 11 is 1.57. The summed E-state index contributed by atoms with van der Waals surface area (Å²) in [4.78, 5) is 21.2. The standard InChI is InChI=1S/C19H26N4O2S/c1-22(2)11-15-12-23(8-9-25-13-15)19(24)20-10-18-21-17(14-26-18)16-6-4-3-5-7-16/h3-7,14-15H,8-13H2,1-2H3,(H,20,24)/t15-/m1/s1. The number of urea groups is 1. The van der Waals surface area contributed by atoms with E-state index in [1.165, 1.54) is 0 Å². The topological polar surface area (TPSA) is 57.7 Å². The zero-order valence-electron chi connectivity index (χ0n) is 15.4. The van der Waals surface area contributed by atoms with Crippen molar-refractivity contribution >= 4 is 17.4 Å². The van der Waals surface area contributed by atoms with Gasteiger partial charge in [0.1, 0.15) is 5.01 Å². The Hall–Kier alpha value is -1.96. The van der Waals surface area contributed by atoms with Crippen molar-refractivity contribution < 1.29 is 9.53 Å². The van der Waals surface area contributed by atoms with E-state index >= 15 is 0 Å². The van der Waals surface area contributed by atoms with Crippen LogP contribution < -0.4 is 5.32 Å². The van der Waals surface area contributed by atoms with Crippen molar-refractivity contribution in [3.8, 4) is 11.3 Å². The zero-order chi connectivity index (χ0) is 18.4. The number of aromatic nitrogens is 1. The number of amides is 2. The molecule has 0 radical (unpaired) electrons. The van der Waals surface area contributed by atoms with Crippen molar-refractivity contribution in [3.63, 3.8) is 0 Å². The molecule has 1 aromatic carbocycles. The maximum atomic E-state index is 12.6. The number of carbonyl (C=O) groups is 1. The van der Waals surface area contributed by atoms with Gasteiger partial charge in [-0.15, -0.1) is 11.3 Å². The van der Waals surface area contributed by atoms with Gasteiger partial charge in [-0.3, -0.25) is 0 Å². The lowest BCUT2D eigenvalue weighted by Gasteiger charge is -2.25. The fourth-order valence-electron chi connectivity index (χ4n) is 3.09. The highest BCUT2D eigenvalue weighted by Gasteiger charge is 2.23. The largest absolute Gasteiger partial charge is 0.379 e. The second-order valence-corrected chi connectivity index (χ2v) is 7.74. The molecule has 1 aliphatic heterocycles. The molecule has 2 amide bonds. The Bertz CT molecular complexity index is 705. The number of carbonyl (C=O) groups excluding carboxylic acids is 1. The first-order valence-electron chi connectivity index (χ1n) is 8.87. The van der Waals surface area contributed by atoms with Crippen LogP contribution in [0.2, 0.25) is 0 Å².